The molecule has 18 heavy (non-hydrogen) atoms. The Bertz CT molecular complexity index is 592. The summed E-state index contributed by atoms with van der Waals surface area (Å²) in [6.45, 7) is 3.83. The predicted molar refractivity (Wildman–Crippen MR) is 70.4 cm³/mol. The van der Waals surface area contributed by atoms with E-state index in [9.17, 15) is 4.79 Å². The van der Waals surface area contributed by atoms with Gasteiger partial charge in [0.1, 0.15) is 5.82 Å². The van der Waals surface area contributed by atoms with Gasteiger partial charge in [0.2, 0.25) is 0 Å². The van der Waals surface area contributed by atoms with Crippen LogP contribution in [-0.2, 0) is 11.2 Å². The molecule has 0 saturated heterocycles. The number of hydrogen-bond acceptors (Lipinski definition) is 3. The first-order valence-corrected chi connectivity index (χ1v) is 6.38. The molecule has 0 unspecified atom stereocenters. The third-order valence-electron chi connectivity index (χ3n) is 2.70. The molecule has 0 spiro atoms. The van der Waals surface area contributed by atoms with Crippen molar-refractivity contribution in [3.05, 3.63) is 28.6 Å². The maximum atomic E-state index is 10.8. The van der Waals surface area contributed by atoms with Crippen LogP contribution in [0.3, 0.4) is 0 Å². The van der Waals surface area contributed by atoms with Crippen molar-refractivity contribution in [1.82, 2.24) is 14.6 Å². The highest BCUT2D eigenvalue weighted by atomic mass is 79.9. The van der Waals surface area contributed by atoms with Gasteiger partial charge in [0, 0.05) is 17.1 Å². The van der Waals surface area contributed by atoms with Crippen LogP contribution in [0.5, 0.6) is 0 Å². The van der Waals surface area contributed by atoms with E-state index in [4.69, 9.17) is 5.11 Å². The van der Waals surface area contributed by atoms with Crippen molar-refractivity contribution in [2.75, 3.05) is 0 Å². The van der Waals surface area contributed by atoms with Gasteiger partial charge in [0.25, 0.3) is 0 Å². The molecule has 0 aliphatic rings. The van der Waals surface area contributed by atoms with Crippen LogP contribution in [0.15, 0.2) is 22.8 Å². The second kappa shape index (κ2) is 4.68. The summed E-state index contributed by atoms with van der Waals surface area (Å²) in [5.41, 5.74) is 0.413. The molecule has 0 atom stereocenters. The molecule has 6 heteroatoms. The Labute approximate surface area is 113 Å². The Balaban J connectivity index is 2.31. The van der Waals surface area contributed by atoms with Gasteiger partial charge in [-0.2, -0.15) is 0 Å². The van der Waals surface area contributed by atoms with Crippen LogP contribution in [-0.4, -0.2) is 25.7 Å². The highest BCUT2D eigenvalue weighted by molar-refractivity contribution is 9.10. The van der Waals surface area contributed by atoms with E-state index in [0.717, 1.165) is 15.9 Å². The molecule has 96 valence electrons. The van der Waals surface area contributed by atoms with Crippen molar-refractivity contribution in [3.63, 3.8) is 0 Å². The number of fused-ring (bicyclic) bond motifs is 1. The van der Waals surface area contributed by atoms with Crippen molar-refractivity contribution in [1.29, 1.82) is 0 Å². The molecule has 0 bridgehead atoms. The number of halogens is 1. The molecule has 0 amide bonds. The molecule has 2 aromatic rings. The summed E-state index contributed by atoms with van der Waals surface area (Å²) in [7, 11) is 0. The zero-order valence-electron chi connectivity index (χ0n) is 10.2. The van der Waals surface area contributed by atoms with Crippen LogP contribution in [0, 0.1) is 5.41 Å². The van der Waals surface area contributed by atoms with Gasteiger partial charge in [-0.05, 0) is 33.5 Å². The fourth-order valence-corrected chi connectivity index (χ4v) is 2.27. The standard InChI is InChI=1S/C12H14BrN3O2/c1-12(2,6-11(17)18)5-10-15-14-9-4-3-8(13)7-16(9)10/h3-4,7H,5-6H2,1-2H3,(H,17,18). The average molecular weight is 312 g/mol. The first-order valence-electron chi connectivity index (χ1n) is 5.58. The Morgan fingerprint density at radius 1 is 1.44 bits per heavy atom. The number of carbonyl (C=O) groups is 1. The molecule has 2 heterocycles. The van der Waals surface area contributed by atoms with Gasteiger partial charge < -0.3 is 5.11 Å². The molecule has 1 N–H and O–H groups in total. The van der Waals surface area contributed by atoms with E-state index in [1.165, 1.54) is 0 Å². The lowest BCUT2D eigenvalue weighted by atomic mass is 9.85. The molecular weight excluding hydrogens is 298 g/mol. The number of hydrogen-bond donors (Lipinski definition) is 1. The van der Waals surface area contributed by atoms with Crippen LogP contribution >= 0.6 is 15.9 Å². The van der Waals surface area contributed by atoms with Gasteiger partial charge in [0.15, 0.2) is 5.65 Å². The van der Waals surface area contributed by atoms with Gasteiger partial charge in [-0.3, -0.25) is 9.20 Å². The summed E-state index contributed by atoms with van der Waals surface area (Å²) in [5.74, 6) is -0.0208. The van der Waals surface area contributed by atoms with Gasteiger partial charge in [-0.15, -0.1) is 10.2 Å². The third-order valence-corrected chi connectivity index (χ3v) is 3.17. The molecule has 2 rings (SSSR count). The van der Waals surface area contributed by atoms with Crippen molar-refractivity contribution >= 4 is 27.5 Å². The Morgan fingerprint density at radius 3 is 2.83 bits per heavy atom. The fourth-order valence-electron chi connectivity index (χ4n) is 1.93. The molecular formula is C12H14BrN3O2. The molecule has 0 aliphatic carbocycles. The minimum Gasteiger partial charge on any atom is -0.481 e. The summed E-state index contributed by atoms with van der Waals surface area (Å²) >= 11 is 3.40. The largest absolute Gasteiger partial charge is 0.481 e. The summed E-state index contributed by atoms with van der Waals surface area (Å²) in [5, 5.41) is 17.1. The lowest BCUT2D eigenvalue weighted by Crippen LogP contribution is -2.21. The van der Waals surface area contributed by atoms with Crippen LogP contribution in [0.2, 0.25) is 0 Å². The van der Waals surface area contributed by atoms with Gasteiger partial charge >= 0.3 is 5.97 Å². The Morgan fingerprint density at radius 2 is 2.17 bits per heavy atom. The van der Waals surface area contributed by atoms with Crippen LogP contribution in [0.25, 0.3) is 5.65 Å². The quantitative estimate of drug-likeness (QED) is 0.942. The highest BCUT2D eigenvalue weighted by Gasteiger charge is 2.24. The van der Waals surface area contributed by atoms with Crippen molar-refractivity contribution in [2.45, 2.75) is 26.7 Å². The number of rotatable bonds is 4. The van der Waals surface area contributed by atoms with Crippen molar-refractivity contribution < 1.29 is 9.90 Å². The van der Waals surface area contributed by atoms with Crippen molar-refractivity contribution in [3.8, 4) is 0 Å². The van der Waals surface area contributed by atoms with Gasteiger partial charge in [-0.1, -0.05) is 13.8 Å². The zero-order valence-corrected chi connectivity index (χ0v) is 11.8. The lowest BCUT2D eigenvalue weighted by molar-refractivity contribution is -0.139. The Hall–Kier alpha value is -1.43. The first-order chi connectivity index (χ1) is 8.37. The summed E-state index contributed by atoms with van der Waals surface area (Å²) in [6, 6.07) is 3.76. The summed E-state index contributed by atoms with van der Waals surface area (Å²) in [4.78, 5) is 10.8. The fraction of sp³-hybridized carbons (Fsp3) is 0.417. The van der Waals surface area contributed by atoms with Gasteiger partial charge in [-0.25, -0.2) is 0 Å². The van der Waals surface area contributed by atoms with E-state index in [1.54, 1.807) is 0 Å². The highest BCUT2D eigenvalue weighted by Crippen LogP contribution is 2.25. The lowest BCUT2D eigenvalue weighted by Gasteiger charge is -2.20. The average Bonchev–Trinajstić information content (AvgIpc) is 2.58. The minimum atomic E-state index is -0.796. The maximum Gasteiger partial charge on any atom is 0.303 e. The molecule has 0 saturated carbocycles. The maximum absolute atomic E-state index is 10.8. The number of carboxylic acid groups (broad SMARTS) is 1. The van der Waals surface area contributed by atoms with Gasteiger partial charge in [0.05, 0.1) is 6.42 Å². The molecule has 2 aromatic heterocycles. The third kappa shape index (κ3) is 2.87. The van der Waals surface area contributed by atoms with Crippen LogP contribution in [0.1, 0.15) is 26.1 Å². The molecule has 0 aliphatic heterocycles. The monoisotopic (exact) mass is 311 g/mol. The summed E-state index contributed by atoms with van der Waals surface area (Å²) in [6.07, 6.45) is 2.56. The molecule has 0 aromatic carbocycles. The number of nitrogens with zero attached hydrogens (tertiary/aromatic N) is 3. The van der Waals surface area contributed by atoms with E-state index in [1.807, 2.05) is 36.6 Å². The Kier molecular flexibility index (Phi) is 3.38. The van der Waals surface area contributed by atoms with E-state index >= 15 is 0 Å². The van der Waals surface area contributed by atoms with E-state index in [0.29, 0.717) is 6.42 Å². The van der Waals surface area contributed by atoms with Crippen LogP contribution in [0.4, 0.5) is 0 Å². The molecule has 5 nitrogen and oxygen atoms in total. The topological polar surface area (TPSA) is 67.5 Å². The second-order valence-corrected chi connectivity index (χ2v) is 6.02. The van der Waals surface area contributed by atoms with Crippen molar-refractivity contribution in [2.24, 2.45) is 5.41 Å². The number of aliphatic carboxylic acids is 1. The first kappa shape index (κ1) is 13.0. The van der Waals surface area contributed by atoms with E-state index < -0.39 is 5.97 Å². The number of pyridine rings is 1. The van der Waals surface area contributed by atoms with E-state index in [2.05, 4.69) is 26.1 Å². The van der Waals surface area contributed by atoms with E-state index in [-0.39, 0.29) is 11.8 Å². The molecule has 0 fully saturated rings. The van der Waals surface area contributed by atoms with Crippen LogP contribution < -0.4 is 0 Å². The SMILES string of the molecule is CC(C)(CC(=O)O)Cc1nnc2ccc(Br)cn12. The number of carboxylic acids is 1. The number of aromatic nitrogens is 3. The smallest absolute Gasteiger partial charge is 0.303 e. The normalized spacial score (nSPS) is 11.9. The predicted octanol–water partition coefficient (Wildman–Crippen LogP) is 2.54. The minimum absolute atomic E-state index is 0.107. The summed E-state index contributed by atoms with van der Waals surface area (Å²) < 4.78 is 2.82. The molecule has 0 radical (unpaired) electrons. The zero-order chi connectivity index (χ0) is 13.3. The second-order valence-electron chi connectivity index (χ2n) is 5.10.